The fourth-order valence-electron chi connectivity index (χ4n) is 3.06. The molecule has 9 heteroatoms. The van der Waals surface area contributed by atoms with Crippen LogP contribution in [0.5, 0.6) is 0 Å². The SMILES string of the molecule is Cc1cc2c(nc(CCC3CC3)n2CCOCCNS(C)(=O)=O)c(N)n1. The molecule has 0 saturated heterocycles. The van der Waals surface area contributed by atoms with Gasteiger partial charge in [0.15, 0.2) is 5.82 Å². The monoisotopic (exact) mass is 381 g/mol. The van der Waals surface area contributed by atoms with Gasteiger partial charge in [0.2, 0.25) is 10.0 Å². The predicted octanol–water partition coefficient (Wildman–Crippen LogP) is 1.23. The van der Waals surface area contributed by atoms with Crippen LogP contribution in [0.25, 0.3) is 11.0 Å². The van der Waals surface area contributed by atoms with E-state index in [0.717, 1.165) is 47.6 Å². The van der Waals surface area contributed by atoms with Gasteiger partial charge in [-0.05, 0) is 25.3 Å². The molecule has 0 aliphatic heterocycles. The third kappa shape index (κ3) is 5.15. The molecule has 2 heterocycles. The number of pyridine rings is 1. The number of nitrogens with two attached hydrogens (primary N) is 1. The molecule has 26 heavy (non-hydrogen) atoms. The van der Waals surface area contributed by atoms with Crippen molar-refractivity contribution >= 4 is 26.9 Å². The first-order valence-electron chi connectivity index (χ1n) is 8.98. The van der Waals surface area contributed by atoms with E-state index in [1.165, 1.54) is 12.8 Å². The first kappa shape index (κ1) is 19.1. The molecule has 2 aromatic rings. The second-order valence-corrected chi connectivity index (χ2v) is 8.79. The molecule has 0 radical (unpaired) electrons. The fourth-order valence-corrected chi connectivity index (χ4v) is 3.51. The number of nitrogen functional groups attached to an aromatic ring is 1. The maximum atomic E-state index is 11.0. The number of nitrogens with zero attached hydrogens (tertiary/aromatic N) is 3. The highest BCUT2D eigenvalue weighted by molar-refractivity contribution is 7.88. The molecular formula is C17H27N5O3S. The van der Waals surface area contributed by atoms with Gasteiger partial charge in [0.25, 0.3) is 0 Å². The van der Waals surface area contributed by atoms with Gasteiger partial charge in [-0.1, -0.05) is 12.8 Å². The predicted molar refractivity (Wildman–Crippen MR) is 101 cm³/mol. The number of anilines is 1. The number of aryl methyl sites for hydroxylation is 2. The van der Waals surface area contributed by atoms with E-state index in [1.807, 2.05) is 13.0 Å². The van der Waals surface area contributed by atoms with Crippen molar-refractivity contribution in [3.05, 3.63) is 17.6 Å². The second-order valence-electron chi connectivity index (χ2n) is 6.96. The molecule has 1 saturated carbocycles. The molecule has 2 aromatic heterocycles. The average Bonchev–Trinajstić information content (AvgIpc) is 3.30. The van der Waals surface area contributed by atoms with E-state index in [9.17, 15) is 8.42 Å². The summed E-state index contributed by atoms with van der Waals surface area (Å²) in [6.07, 6.45) is 5.85. The van der Waals surface area contributed by atoms with Crippen molar-refractivity contribution in [1.82, 2.24) is 19.3 Å². The Morgan fingerprint density at radius 2 is 2.12 bits per heavy atom. The van der Waals surface area contributed by atoms with Crippen LogP contribution >= 0.6 is 0 Å². The van der Waals surface area contributed by atoms with Gasteiger partial charge in [0.1, 0.15) is 11.3 Å². The zero-order valence-corrected chi connectivity index (χ0v) is 16.2. The van der Waals surface area contributed by atoms with Crippen molar-refractivity contribution in [3.63, 3.8) is 0 Å². The van der Waals surface area contributed by atoms with Crippen LogP contribution < -0.4 is 10.5 Å². The van der Waals surface area contributed by atoms with Crippen molar-refractivity contribution in [1.29, 1.82) is 0 Å². The van der Waals surface area contributed by atoms with Crippen LogP contribution in [-0.2, 0) is 27.7 Å². The zero-order valence-electron chi connectivity index (χ0n) is 15.4. The maximum absolute atomic E-state index is 11.0. The summed E-state index contributed by atoms with van der Waals surface area (Å²) in [5.41, 5.74) is 8.66. The second kappa shape index (κ2) is 7.89. The van der Waals surface area contributed by atoms with Gasteiger partial charge in [-0.3, -0.25) is 0 Å². The summed E-state index contributed by atoms with van der Waals surface area (Å²) in [4.78, 5) is 9.04. The summed E-state index contributed by atoms with van der Waals surface area (Å²) in [5, 5.41) is 0. The molecule has 0 spiro atoms. The molecule has 3 N–H and O–H groups in total. The minimum atomic E-state index is -3.18. The number of fused-ring (bicyclic) bond motifs is 1. The van der Waals surface area contributed by atoms with Crippen LogP contribution in [0.2, 0.25) is 0 Å². The summed E-state index contributed by atoms with van der Waals surface area (Å²) in [6, 6.07) is 2.00. The summed E-state index contributed by atoms with van der Waals surface area (Å²) >= 11 is 0. The lowest BCUT2D eigenvalue weighted by Gasteiger charge is -2.10. The van der Waals surface area contributed by atoms with Crippen LogP contribution in [0.1, 0.15) is 30.8 Å². The Kier molecular flexibility index (Phi) is 5.79. The van der Waals surface area contributed by atoms with Crippen molar-refractivity contribution < 1.29 is 13.2 Å². The highest BCUT2D eigenvalue weighted by Crippen LogP contribution is 2.34. The van der Waals surface area contributed by atoms with Crippen LogP contribution in [0.4, 0.5) is 5.82 Å². The molecular weight excluding hydrogens is 354 g/mol. The Morgan fingerprint density at radius 1 is 1.35 bits per heavy atom. The van der Waals surface area contributed by atoms with E-state index < -0.39 is 10.0 Å². The van der Waals surface area contributed by atoms with Gasteiger partial charge in [0, 0.05) is 25.2 Å². The number of sulfonamides is 1. The smallest absolute Gasteiger partial charge is 0.208 e. The van der Waals surface area contributed by atoms with Crippen LogP contribution in [0.15, 0.2) is 6.07 Å². The minimum Gasteiger partial charge on any atom is -0.382 e. The highest BCUT2D eigenvalue weighted by Gasteiger charge is 2.22. The van der Waals surface area contributed by atoms with Crippen molar-refractivity contribution in [2.45, 2.75) is 39.2 Å². The van der Waals surface area contributed by atoms with E-state index in [0.29, 0.717) is 25.6 Å². The number of rotatable bonds is 10. The third-order valence-electron chi connectivity index (χ3n) is 4.51. The molecule has 1 aliphatic rings. The van der Waals surface area contributed by atoms with Crippen LogP contribution in [-0.4, -0.2) is 49.0 Å². The van der Waals surface area contributed by atoms with Crippen molar-refractivity contribution in [3.8, 4) is 0 Å². The molecule has 1 aliphatic carbocycles. The van der Waals surface area contributed by atoms with E-state index in [2.05, 4.69) is 14.3 Å². The molecule has 1 fully saturated rings. The van der Waals surface area contributed by atoms with E-state index in [4.69, 9.17) is 15.5 Å². The van der Waals surface area contributed by atoms with Gasteiger partial charge in [-0.2, -0.15) is 0 Å². The van der Waals surface area contributed by atoms with Crippen LogP contribution in [0.3, 0.4) is 0 Å². The number of ether oxygens (including phenoxy) is 1. The van der Waals surface area contributed by atoms with E-state index in [-0.39, 0.29) is 6.54 Å². The Hall–Kier alpha value is -1.71. The standard InChI is InChI=1S/C17H27N5O3S/c1-12-11-14-16(17(18)20-12)21-15(6-5-13-3-4-13)22(14)8-10-25-9-7-19-26(2,23)24/h11,13,19H,3-10H2,1-2H3,(H2,18,20). The summed E-state index contributed by atoms with van der Waals surface area (Å²) in [7, 11) is -3.18. The number of hydrogen-bond donors (Lipinski definition) is 2. The highest BCUT2D eigenvalue weighted by atomic mass is 32.2. The lowest BCUT2D eigenvalue weighted by Crippen LogP contribution is -2.26. The normalized spacial score (nSPS) is 15.0. The summed E-state index contributed by atoms with van der Waals surface area (Å²) < 4.78 is 32.2. The Morgan fingerprint density at radius 3 is 2.81 bits per heavy atom. The average molecular weight is 382 g/mol. The topological polar surface area (TPSA) is 112 Å². The largest absolute Gasteiger partial charge is 0.382 e. The first-order chi connectivity index (χ1) is 12.3. The molecule has 3 rings (SSSR count). The van der Waals surface area contributed by atoms with Gasteiger partial charge in [-0.15, -0.1) is 0 Å². The lowest BCUT2D eigenvalue weighted by molar-refractivity contribution is 0.131. The van der Waals surface area contributed by atoms with Gasteiger partial charge < -0.3 is 15.0 Å². The van der Waals surface area contributed by atoms with Gasteiger partial charge >= 0.3 is 0 Å². The van der Waals surface area contributed by atoms with E-state index in [1.54, 1.807) is 0 Å². The summed E-state index contributed by atoms with van der Waals surface area (Å²) in [5.74, 6) is 2.31. The lowest BCUT2D eigenvalue weighted by atomic mass is 10.2. The fraction of sp³-hybridized carbons (Fsp3) is 0.647. The molecule has 0 aromatic carbocycles. The van der Waals surface area contributed by atoms with Crippen molar-refractivity contribution in [2.24, 2.45) is 5.92 Å². The van der Waals surface area contributed by atoms with Crippen molar-refractivity contribution in [2.75, 3.05) is 31.7 Å². The molecule has 8 nitrogen and oxygen atoms in total. The molecule has 0 amide bonds. The zero-order chi connectivity index (χ0) is 18.7. The quantitative estimate of drug-likeness (QED) is 0.599. The minimum absolute atomic E-state index is 0.272. The number of hydrogen-bond acceptors (Lipinski definition) is 6. The number of aromatic nitrogens is 3. The summed E-state index contributed by atoms with van der Waals surface area (Å²) in [6.45, 7) is 3.66. The third-order valence-corrected chi connectivity index (χ3v) is 5.24. The Labute approximate surface area is 154 Å². The van der Waals surface area contributed by atoms with Crippen LogP contribution in [0, 0.1) is 12.8 Å². The molecule has 144 valence electrons. The maximum Gasteiger partial charge on any atom is 0.208 e. The molecule has 0 atom stereocenters. The van der Waals surface area contributed by atoms with Gasteiger partial charge in [-0.25, -0.2) is 23.1 Å². The molecule has 0 bridgehead atoms. The Balaban J connectivity index is 1.66. The molecule has 0 unspecified atom stereocenters. The number of nitrogens with one attached hydrogen (secondary N) is 1. The van der Waals surface area contributed by atoms with Gasteiger partial charge in [0.05, 0.1) is 25.0 Å². The number of imidazole rings is 1. The first-order valence-corrected chi connectivity index (χ1v) is 10.9. The Bertz CT molecular complexity index is 874. The van der Waals surface area contributed by atoms with E-state index >= 15 is 0 Å².